The number of hydrazine groups is 1. The minimum Gasteiger partial charge on any atom is -0.353 e. The molecule has 0 aromatic carbocycles. The molecule has 1 aromatic rings. The maximum absolute atomic E-state index is 5.47. The Kier molecular flexibility index (Phi) is 4.82. The van der Waals surface area contributed by atoms with Gasteiger partial charge in [-0.3, -0.25) is 5.43 Å². The van der Waals surface area contributed by atoms with Crippen molar-refractivity contribution in [2.45, 2.75) is 38.3 Å². The van der Waals surface area contributed by atoms with Crippen LogP contribution in [0.1, 0.15) is 30.6 Å². The molecule has 0 radical (unpaired) electrons. The minimum absolute atomic E-state index is 0.528. The monoisotopic (exact) mass is 316 g/mol. The zero-order chi connectivity index (χ0) is 12.1. The lowest BCUT2D eigenvalue weighted by Crippen LogP contribution is -2.45. The average molecular weight is 317 g/mol. The van der Waals surface area contributed by atoms with Crippen molar-refractivity contribution in [3.05, 3.63) is 20.8 Å². The van der Waals surface area contributed by atoms with Crippen LogP contribution in [0.2, 0.25) is 0 Å². The van der Waals surface area contributed by atoms with Crippen molar-refractivity contribution < 1.29 is 0 Å². The highest BCUT2D eigenvalue weighted by atomic mass is 79.9. The number of aliphatic imine (C=N–C) groups is 1. The third-order valence-corrected chi connectivity index (χ3v) is 4.53. The second-order valence-electron chi connectivity index (χ2n) is 4.17. The van der Waals surface area contributed by atoms with Crippen molar-refractivity contribution in [1.29, 1.82) is 0 Å². The number of hydrogen-bond acceptors (Lipinski definition) is 3. The van der Waals surface area contributed by atoms with Gasteiger partial charge in [0.05, 0.1) is 6.54 Å². The van der Waals surface area contributed by atoms with Crippen LogP contribution in [0.25, 0.3) is 0 Å². The molecule has 0 unspecified atom stereocenters. The van der Waals surface area contributed by atoms with Crippen LogP contribution in [0.3, 0.4) is 0 Å². The van der Waals surface area contributed by atoms with Gasteiger partial charge in [0.2, 0.25) is 5.96 Å². The van der Waals surface area contributed by atoms with Crippen molar-refractivity contribution in [3.8, 4) is 0 Å². The van der Waals surface area contributed by atoms with Crippen LogP contribution in [-0.4, -0.2) is 12.0 Å². The number of rotatable bonds is 3. The zero-order valence-corrected chi connectivity index (χ0v) is 12.0. The second-order valence-corrected chi connectivity index (χ2v) is 6.08. The smallest absolute Gasteiger partial charge is 0.206 e. The Balaban J connectivity index is 1.88. The first kappa shape index (κ1) is 12.9. The molecule has 0 aliphatic heterocycles. The summed E-state index contributed by atoms with van der Waals surface area (Å²) in [5.74, 6) is 6.17. The third kappa shape index (κ3) is 3.97. The predicted molar refractivity (Wildman–Crippen MR) is 75.9 cm³/mol. The molecule has 1 aliphatic carbocycles. The van der Waals surface area contributed by atoms with Gasteiger partial charge in [0.1, 0.15) is 0 Å². The number of halogens is 1. The topological polar surface area (TPSA) is 62.4 Å². The maximum Gasteiger partial charge on any atom is 0.206 e. The molecule has 0 saturated heterocycles. The lowest BCUT2D eigenvalue weighted by molar-refractivity contribution is 0.614. The molecule has 17 heavy (non-hydrogen) atoms. The van der Waals surface area contributed by atoms with E-state index in [1.807, 2.05) is 0 Å². The van der Waals surface area contributed by atoms with E-state index in [0.29, 0.717) is 18.5 Å². The van der Waals surface area contributed by atoms with Gasteiger partial charge < -0.3 is 5.32 Å². The fourth-order valence-electron chi connectivity index (χ4n) is 1.99. The summed E-state index contributed by atoms with van der Waals surface area (Å²) in [5.41, 5.74) is 2.64. The van der Waals surface area contributed by atoms with E-state index < -0.39 is 0 Å². The van der Waals surface area contributed by atoms with Gasteiger partial charge in [0.15, 0.2) is 0 Å². The lowest BCUT2D eigenvalue weighted by atomic mass is 10.2. The Bertz CT molecular complexity index is 385. The maximum atomic E-state index is 5.47. The number of nitrogens with one attached hydrogen (secondary N) is 2. The van der Waals surface area contributed by atoms with Gasteiger partial charge in [-0.2, -0.15) is 0 Å². The molecule has 1 saturated carbocycles. The largest absolute Gasteiger partial charge is 0.353 e. The molecule has 0 spiro atoms. The van der Waals surface area contributed by atoms with Crippen molar-refractivity contribution >= 4 is 33.2 Å². The van der Waals surface area contributed by atoms with E-state index in [0.717, 1.165) is 4.47 Å². The quantitative estimate of drug-likeness (QED) is 0.347. The molecule has 1 aromatic heterocycles. The molecule has 4 nitrogen and oxygen atoms in total. The number of guanidine groups is 1. The Morgan fingerprint density at radius 2 is 2.29 bits per heavy atom. The number of thiophene rings is 1. The minimum atomic E-state index is 0.528. The Morgan fingerprint density at radius 1 is 1.53 bits per heavy atom. The van der Waals surface area contributed by atoms with E-state index in [-0.39, 0.29) is 0 Å². The van der Waals surface area contributed by atoms with E-state index >= 15 is 0 Å². The fraction of sp³-hybridized carbons (Fsp3) is 0.545. The van der Waals surface area contributed by atoms with Crippen LogP contribution < -0.4 is 16.6 Å². The summed E-state index contributed by atoms with van der Waals surface area (Å²) in [6.45, 7) is 0.662. The van der Waals surface area contributed by atoms with Crippen molar-refractivity contribution in [1.82, 2.24) is 10.7 Å². The van der Waals surface area contributed by atoms with Gasteiger partial charge in [-0.1, -0.05) is 12.8 Å². The average Bonchev–Trinajstić information content (AvgIpc) is 2.96. The molecule has 4 N–H and O–H groups in total. The standard InChI is InChI=1S/C11H17BrN4S/c12-8-5-10(17-7-8)6-14-11(16-13)15-9-3-1-2-4-9/h5,7,9H,1-4,6,13H2,(H2,14,15,16). The highest BCUT2D eigenvalue weighted by Crippen LogP contribution is 2.20. The summed E-state index contributed by atoms with van der Waals surface area (Å²) in [6.07, 6.45) is 5.03. The van der Waals surface area contributed by atoms with Crippen molar-refractivity contribution in [2.24, 2.45) is 10.8 Å². The van der Waals surface area contributed by atoms with Gasteiger partial charge in [0.25, 0.3) is 0 Å². The molecule has 0 atom stereocenters. The predicted octanol–water partition coefficient (Wildman–Crippen LogP) is 2.36. The van der Waals surface area contributed by atoms with Crippen molar-refractivity contribution in [2.75, 3.05) is 0 Å². The second kappa shape index (κ2) is 6.37. The van der Waals surface area contributed by atoms with Crippen LogP contribution in [-0.2, 0) is 6.54 Å². The molecule has 6 heteroatoms. The molecule has 1 fully saturated rings. The van der Waals surface area contributed by atoms with Crippen molar-refractivity contribution in [3.63, 3.8) is 0 Å². The summed E-state index contributed by atoms with van der Waals surface area (Å²) < 4.78 is 1.11. The highest BCUT2D eigenvalue weighted by molar-refractivity contribution is 9.10. The van der Waals surface area contributed by atoms with Gasteiger partial charge in [0, 0.05) is 20.8 Å². The van der Waals surface area contributed by atoms with Crippen LogP contribution in [0.5, 0.6) is 0 Å². The van der Waals surface area contributed by atoms with Gasteiger partial charge in [-0.05, 0) is 34.8 Å². The van der Waals surface area contributed by atoms with Gasteiger partial charge in [-0.15, -0.1) is 11.3 Å². The third-order valence-electron chi connectivity index (χ3n) is 2.85. The summed E-state index contributed by atoms with van der Waals surface area (Å²) >= 11 is 5.13. The summed E-state index contributed by atoms with van der Waals surface area (Å²) in [5, 5.41) is 5.41. The van der Waals surface area contributed by atoms with Gasteiger partial charge >= 0.3 is 0 Å². The Labute approximate surface area is 114 Å². The van der Waals surface area contributed by atoms with E-state index in [2.05, 4.69) is 43.1 Å². The SMILES string of the molecule is NNC(=NCc1cc(Br)cs1)NC1CCCC1. The molecule has 94 valence electrons. The van der Waals surface area contributed by atoms with Crippen LogP contribution in [0.15, 0.2) is 20.9 Å². The van der Waals surface area contributed by atoms with E-state index in [4.69, 9.17) is 5.84 Å². The van der Waals surface area contributed by atoms with E-state index in [9.17, 15) is 0 Å². The van der Waals surface area contributed by atoms with E-state index in [1.165, 1.54) is 30.6 Å². The highest BCUT2D eigenvalue weighted by Gasteiger charge is 2.15. The number of hydrogen-bond donors (Lipinski definition) is 3. The van der Waals surface area contributed by atoms with Gasteiger partial charge in [-0.25, -0.2) is 10.8 Å². The summed E-state index contributed by atoms with van der Waals surface area (Å²) in [7, 11) is 0. The number of nitrogens with zero attached hydrogens (tertiary/aromatic N) is 1. The Hall–Kier alpha value is -0.590. The lowest BCUT2D eigenvalue weighted by Gasteiger charge is -2.14. The van der Waals surface area contributed by atoms with Crippen LogP contribution >= 0.6 is 27.3 Å². The molecule has 1 aliphatic rings. The summed E-state index contributed by atoms with van der Waals surface area (Å²) in [4.78, 5) is 5.67. The normalized spacial score (nSPS) is 17.4. The molecule has 1 heterocycles. The fourth-order valence-corrected chi connectivity index (χ4v) is 3.36. The molecular weight excluding hydrogens is 300 g/mol. The van der Waals surface area contributed by atoms with Crippen LogP contribution in [0, 0.1) is 0 Å². The Morgan fingerprint density at radius 3 is 2.88 bits per heavy atom. The molecule has 0 bridgehead atoms. The molecule has 2 rings (SSSR count). The molecular formula is C11H17BrN4S. The number of nitrogens with two attached hydrogens (primary N) is 1. The first-order chi connectivity index (χ1) is 8.28. The first-order valence-electron chi connectivity index (χ1n) is 5.78. The zero-order valence-electron chi connectivity index (χ0n) is 9.58. The first-order valence-corrected chi connectivity index (χ1v) is 7.45. The van der Waals surface area contributed by atoms with E-state index in [1.54, 1.807) is 11.3 Å². The molecule has 0 amide bonds. The van der Waals surface area contributed by atoms with Crippen LogP contribution in [0.4, 0.5) is 0 Å². The summed E-state index contributed by atoms with van der Waals surface area (Å²) in [6, 6.07) is 2.61.